The quantitative estimate of drug-likeness (QED) is 0.353. The Morgan fingerprint density at radius 1 is 1.07 bits per heavy atom. The van der Waals surface area contributed by atoms with Gasteiger partial charge in [-0.2, -0.15) is 0 Å². The van der Waals surface area contributed by atoms with Crippen molar-refractivity contribution in [1.29, 1.82) is 0 Å². The van der Waals surface area contributed by atoms with E-state index in [1.54, 1.807) is 18.1 Å². The molecule has 1 aliphatic rings. The van der Waals surface area contributed by atoms with Crippen LogP contribution < -0.4 is 14.4 Å². The summed E-state index contributed by atoms with van der Waals surface area (Å²) in [6.07, 6.45) is 0. The minimum atomic E-state index is -0.380. The summed E-state index contributed by atoms with van der Waals surface area (Å²) in [5, 5.41) is 0. The molecule has 1 aliphatic heterocycles. The van der Waals surface area contributed by atoms with Crippen LogP contribution in [0.1, 0.15) is 35.2 Å². The summed E-state index contributed by atoms with van der Waals surface area (Å²) >= 11 is 0. The first kappa shape index (κ1) is 18.7. The van der Waals surface area contributed by atoms with Crippen molar-refractivity contribution in [2.75, 3.05) is 12.0 Å². The number of nitrogens with zero attached hydrogens (tertiary/aromatic N) is 1. The van der Waals surface area contributed by atoms with Crippen LogP contribution in [-0.4, -0.2) is 19.0 Å². The average molecular weight is 365 g/mol. The van der Waals surface area contributed by atoms with Crippen molar-refractivity contribution in [3.63, 3.8) is 0 Å². The molecule has 0 aromatic heterocycles. The summed E-state index contributed by atoms with van der Waals surface area (Å²) in [6, 6.07) is 9.12. The third-order valence-electron chi connectivity index (χ3n) is 4.97. The molecule has 1 saturated heterocycles. The lowest BCUT2D eigenvalue weighted by atomic mass is 9.87. The molecule has 0 unspecified atom stereocenters. The smallest absolute Gasteiger partial charge is 0.308 e. The van der Waals surface area contributed by atoms with E-state index in [9.17, 15) is 9.59 Å². The summed E-state index contributed by atoms with van der Waals surface area (Å²) in [5.74, 6) is 0.720. The molecule has 1 fully saturated rings. The van der Waals surface area contributed by atoms with Crippen LogP contribution in [0.15, 0.2) is 42.5 Å². The molecule has 27 heavy (non-hydrogen) atoms. The average Bonchev–Trinajstić information content (AvgIpc) is 2.62. The van der Waals surface area contributed by atoms with Crippen LogP contribution in [0, 0.1) is 20.8 Å². The second-order valence-electron chi connectivity index (χ2n) is 6.81. The first-order chi connectivity index (χ1) is 12.7. The van der Waals surface area contributed by atoms with Crippen molar-refractivity contribution in [1.82, 2.24) is 0 Å². The first-order valence-electron chi connectivity index (χ1n) is 8.71. The minimum Gasteiger partial charge on any atom is -0.496 e. The summed E-state index contributed by atoms with van der Waals surface area (Å²) in [7, 11) is 1.62. The fourth-order valence-corrected chi connectivity index (χ4v) is 3.31. The lowest BCUT2D eigenvalue weighted by Crippen LogP contribution is -2.48. The van der Waals surface area contributed by atoms with Crippen LogP contribution >= 0.6 is 0 Å². The molecule has 2 aromatic rings. The van der Waals surface area contributed by atoms with E-state index in [0.717, 1.165) is 33.7 Å². The molecule has 140 valence electrons. The summed E-state index contributed by atoms with van der Waals surface area (Å²) in [5.41, 5.74) is 5.04. The fraction of sp³-hybridized carbons (Fsp3) is 0.273. The molecule has 3 rings (SSSR count). The van der Waals surface area contributed by atoms with Gasteiger partial charge in [0.2, 0.25) is 0 Å². The fourth-order valence-electron chi connectivity index (χ4n) is 3.31. The highest BCUT2D eigenvalue weighted by Gasteiger charge is 2.43. The molecule has 0 aliphatic carbocycles. The number of benzene rings is 2. The number of esters is 1. The van der Waals surface area contributed by atoms with E-state index in [0.29, 0.717) is 11.3 Å². The van der Waals surface area contributed by atoms with Gasteiger partial charge in [0.1, 0.15) is 11.5 Å². The SMILES string of the molecule is C=C1C(=O)N(c2cc(C)c(C)c(OC)c2)[C@H]1c1ccc(C)c(OC(C)=O)c1. The Bertz CT molecular complexity index is 961. The monoisotopic (exact) mass is 365 g/mol. The predicted molar refractivity (Wildman–Crippen MR) is 104 cm³/mol. The maximum absolute atomic E-state index is 12.6. The van der Waals surface area contributed by atoms with Crippen molar-refractivity contribution < 1.29 is 19.1 Å². The van der Waals surface area contributed by atoms with Gasteiger partial charge in [-0.3, -0.25) is 14.5 Å². The molecule has 1 amide bonds. The number of amides is 1. The van der Waals surface area contributed by atoms with Gasteiger partial charge in [0, 0.05) is 24.3 Å². The van der Waals surface area contributed by atoms with Crippen LogP contribution in [0.3, 0.4) is 0 Å². The Labute approximate surface area is 159 Å². The molecule has 0 saturated carbocycles. The second-order valence-corrected chi connectivity index (χ2v) is 6.81. The van der Waals surface area contributed by atoms with E-state index in [-0.39, 0.29) is 17.9 Å². The number of β-lactam (4-membered cyclic amide) rings is 1. The molecule has 1 heterocycles. The van der Waals surface area contributed by atoms with Gasteiger partial charge >= 0.3 is 5.97 Å². The summed E-state index contributed by atoms with van der Waals surface area (Å²) in [4.78, 5) is 25.6. The molecule has 0 spiro atoms. The van der Waals surface area contributed by atoms with Crippen molar-refractivity contribution in [3.05, 3.63) is 64.7 Å². The van der Waals surface area contributed by atoms with Gasteiger partial charge in [-0.1, -0.05) is 18.7 Å². The van der Waals surface area contributed by atoms with Crippen molar-refractivity contribution in [3.8, 4) is 11.5 Å². The van der Waals surface area contributed by atoms with E-state index >= 15 is 0 Å². The minimum absolute atomic E-state index is 0.125. The standard InChI is InChI=1S/C22H23NO4/c1-12-7-8-17(10-19(12)27-16(5)24)21-15(4)22(25)23(21)18-9-13(2)14(3)20(11-18)26-6/h7-11,21H,4H2,1-3,5-6H3/t21-/m1/s1. The predicted octanol–water partition coefficient (Wildman–Crippen LogP) is 4.19. The lowest BCUT2D eigenvalue weighted by Gasteiger charge is -2.43. The van der Waals surface area contributed by atoms with E-state index in [2.05, 4.69) is 6.58 Å². The Kier molecular flexibility index (Phi) is 4.79. The molecule has 0 radical (unpaired) electrons. The zero-order valence-corrected chi connectivity index (χ0v) is 16.3. The lowest BCUT2D eigenvalue weighted by molar-refractivity contribution is -0.132. The molecular weight excluding hydrogens is 342 g/mol. The highest BCUT2D eigenvalue weighted by molar-refractivity contribution is 6.15. The van der Waals surface area contributed by atoms with Gasteiger partial charge in [-0.15, -0.1) is 0 Å². The first-order valence-corrected chi connectivity index (χ1v) is 8.71. The number of aryl methyl sites for hydroxylation is 2. The maximum Gasteiger partial charge on any atom is 0.308 e. The highest BCUT2D eigenvalue weighted by Crippen LogP contribution is 2.44. The number of carbonyl (C=O) groups excluding carboxylic acids is 2. The Balaban J connectivity index is 2.04. The molecule has 0 N–H and O–H groups in total. The van der Waals surface area contributed by atoms with Crippen molar-refractivity contribution in [2.24, 2.45) is 0 Å². The molecule has 2 aromatic carbocycles. The zero-order chi connectivity index (χ0) is 19.9. The maximum atomic E-state index is 12.6. The number of ether oxygens (including phenoxy) is 2. The number of hydrogen-bond donors (Lipinski definition) is 0. The van der Waals surface area contributed by atoms with Gasteiger partial charge in [-0.25, -0.2) is 0 Å². The van der Waals surface area contributed by atoms with Crippen molar-refractivity contribution in [2.45, 2.75) is 33.7 Å². The molecule has 1 atom stereocenters. The van der Waals surface area contributed by atoms with E-state index in [4.69, 9.17) is 9.47 Å². The van der Waals surface area contributed by atoms with Gasteiger partial charge in [-0.05, 0) is 55.2 Å². The van der Waals surface area contributed by atoms with Crippen LogP contribution in [0.25, 0.3) is 0 Å². The number of anilines is 1. The molecule has 5 nitrogen and oxygen atoms in total. The normalized spacial score (nSPS) is 16.2. The van der Waals surface area contributed by atoms with E-state index < -0.39 is 0 Å². The van der Waals surface area contributed by atoms with Crippen LogP contribution in [0.5, 0.6) is 11.5 Å². The largest absolute Gasteiger partial charge is 0.496 e. The number of methoxy groups -OCH3 is 1. The van der Waals surface area contributed by atoms with Gasteiger partial charge in [0.05, 0.1) is 13.2 Å². The molecular formula is C22H23NO4. The van der Waals surface area contributed by atoms with E-state index in [1.807, 2.05) is 45.0 Å². The Morgan fingerprint density at radius 3 is 2.41 bits per heavy atom. The summed E-state index contributed by atoms with van der Waals surface area (Å²) < 4.78 is 10.7. The van der Waals surface area contributed by atoms with Gasteiger partial charge in [0.25, 0.3) is 5.91 Å². The topological polar surface area (TPSA) is 55.8 Å². The van der Waals surface area contributed by atoms with Gasteiger partial charge < -0.3 is 9.47 Å². The summed E-state index contributed by atoms with van der Waals surface area (Å²) in [6.45, 7) is 11.1. The van der Waals surface area contributed by atoms with E-state index in [1.165, 1.54) is 6.92 Å². The zero-order valence-electron chi connectivity index (χ0n) is 16.3. The Morgan fingerprint density at radius 2 is 1.78 bits per heavy atom. The molecule has 5 heteroatoms. The third kappa shape index (κ3) is 3.21. The van der Waals surface area contributed by atoms with Crippen LogP contribution in [0.4, 0.5) is 5.69 Å². The second kappa shape index (κ2) is 6.91. The third-order valence-corrected chi connectivity index (χ3v) is 4.97. The van der Waals surface area contributed by atoms with Crippen LogP contribution in [0.2, 0.25) is 0 Å². The van der Waals surface area contributed by atoms with Gasteiger partial charge in [0.15, 0.2) is 0 Å². The number of rotatable bonds is 4. The number of hydrogen-bond acceptors (Lipinski definition) is 4. The van der Waals surface area contributed by atoms with Crippen molar-refractivity contribution >= 4 is 17.6 Å². The van der Waals surface area contributed by atoms with Crippen LogP contribution in [-0.2, 0) is 9.59 Å². The number of carbonyl (C=O) groups is 2. The Hall–Kier alpha value is -3.08. The highest BCUT2D eigenvalue weighted by atomic mass is 16.5. The molecule has 0 bridgehead atoms.